The first-order valence-electron chi connectivity index (χ1n) is 5.49. The van der Waals surface area contributed by atoms with Crippen LogP contribution in [0.4, 0.5) is 5.69 Å². The lowest BCUT2D eigenvalue weighted by Crippen LogP contribution is -2.46. The number of sulfonamides is 1. The lowest BCUT2D eigenvalue weighted by molar-refractivity contribution is 0.178. The summed E-state index contributed by atoms with van der Waals surface area (Å²) in [6.45, 7) is 2.72. The molecule has 100 valence electrons. The minimum Gasteiger partial charge on any atom is -0.398 e. The van der Waals surface area contributed by atoms with Gasteiger partial charge in [-0.3, -0.25) is 0 Å². The second-order valence-corrected chi connectivity index (χ2v) is 6.74. The van der Waals surface area contributed by atoms with E-state index in [1.807, 2.05) is 6.92 Å². The first-order valence-corrected chi connectivity index (χ1v) is 7.35. The van der Waals surface area contributed by atoms with E-state index in [0.717, 1.165) is 0 Å². The van der Waals surface area contributed by atoms with Crippen molar-refractivity contribution in [1.82, 2.24) is 4.72 Å². The molecule has 0 radical (unpaired) electrons. The highest BCUT2D eigenvalue weighted by molar-refractivity contribution is 7.89. The SMILES string of the molecule is CC1(NS(=O)(=O)c2ccc(Cl)cc2N)CCOC1. The summed E-state index contributed by atoms with van der Waals surface area (Å²) in [6.07, 6.45) is 0.639. The Morgan fingerprint density at radius 3 is 2.78 bits per heavy atom. The molecule has 0 bridgehead atoms. The van der Waals surface area contributed by atoms with Crippen molar-refractivity contribution in [2.75, 3.05) is 18.9 Å². The third-order valence-corrected chi connectivity index (χ3v) is 4.81. The van der Waals surface area contributed by atoms with Crippen LogP contribution in [0.15, 0.2) is 23.1 Å². The van der Waals surface area contributed by atoms with E-state index in [0.29, 0.717) is 24.7 Å². The van der Waals surface area contributed by atoms with Gasteiger partial charge in [0.25, 0.3) is 0 Å². The number of nitrogen functional groups attached to an aromatic ring is 1. The van der Waals surface area contributed by atoms with Crippen molar-refractivity contribution >= 4 is 27.3 Å². The zero-order valence-electron chi connectivity index (χ0n) is 9.94. The molecule has 1 aromatic carbocycles. The molecule has 0 spiro atoms. The minimum atomic E-state index is -3.66. The van der Waals surface area contributed by atoms with Crippen LogP contribution in [-0.2, 0) is 14.8 Å². The molecule has 1 aromatic rings. The maximum atomic E-state index is 12.2. The van der Waals surface area contributed by atoms with E-state index < -0.39 is 15.6 Å². The molecule has 18 heavy (non-hydrogen) atoms. The molecule has 0 aromatic heterocycles. The molecule has 1 saturated heterocycles. The predicted octanol–water partition coefficient (Wildman–Crippen LogP) is 1.38. The summed E-state index contributed by atoms with van der Waals surface area (Å²) in [5, 5.41) is 0.405. The number of rotatable bonds is 3. The average molecular weight is 291 g/mol. The first-order chi connectivity index (χ1) is 8.32. The van der Waals surface area contributed by atoms with Crippen LogP contribution in [-0.4, -0.2) is 27.2 Å². The van der Waals surface area contributed by atoms with Crippen molar-refractivity contribution in [3.05, 3.63) is 23.2 Å². The lowest BCUT2D eigenvalue weighted by atomic mass is 10.0. The van der Waals surface area contributed by atoms with Crippen LogP contribution in [0.2, 0.25) is 5.02 Å². The van der Waals surface area contributed by atoms with E-state index in [4.69, 9.17) is 22.1 Å². The molecule has 1 heterocycles. The standard InChI is InChI=1S/C11H15ClN2O3S/c1-11(4-5-17-7-11)14-18(15,16)10-3-2-8(12)6-9(10)13/h2-3,6,14H,4-5,7,13H2,1H3. The van der Waals surface area contributed by atoms with Gasteiger partial charge in [0.1, 0.15) is 4.90 Å². The normalized spacial score (nSPS) is 24.3. The highest BCUT2D eigenvalue weighted by atomic mass is 35.5. The van der Waals surface area contributed by atoms with Crippen LogP contribution in [0.5, 0.6) is 0 Å². The van der Waals surface area contributed by atoms with Gasteiger partial charge in [0.05, 0.1) is 17.8 Å². The van der Waals surface area contributed by atoms with Gasteiger partial charge in [-0.2, -0.15) is 0 Å². The van der Waals surface area contributed by atoms with Crippen molar-refractivity contribution in [2.24, 2.45) is 0 Å². The molecule has 7 heteroatoms. The van der Waals surface area contributed by atoms with E-state index >= 15 is 0 Å². The van der Waals surface area contributed by atoms with E-state index in [2.05, 4.69) is 4.72 Å². The summed E-state index contributed by atoms with van der Waals surface area (Å²) in [7, 11) is -3.66. The molecular formula is C11H15ClN2O3S. The van der Waals surface area contributed by atoms with Gasteiger partial charge in [0, 0.05) is 11.6 Å². The Kier molecular flexibility index (Phi) is 3.55. The number of hydrogen-bond acceptors (Lipinski definition) is 4. The highest BCUT2D eigenvalue weighted by Gasteiger charge is 2.35. The topological polar surface area (TPSA) is 81.4 Å². The number of halogens is 1. The Bertz CT molecular complexity index is 553. The number of hydrogen-bond donors (Lipinski definition) is 2. The van der Waals surface area contributed by atoms with Crippen LogP contribution in [0.25, 0.3) is 0 Å². The monoisotopic (exact) mass is 290 g/mol. The van der Waals surface area contributed by atoms with Gasteiger partial charge in [0.2, 0.25) is 10.0 Å². The number of ether oxygens (including phenoxy) is 1. The number of anilines is 1. The fraction of sp³-hybridized carbons (Fsp3) is 0.455. The summed E-state index contributed by atoms with van der Waals surface area (Å²) in [6, 6.07) is 4.32. The van der Waals surface area contributed by atoms with E-state index in [1.165, 1.54) is 18.2 Å². The second kappa shape index (κ2) is 4.70. The third-order valence-electron chi connectivity index (χ3n) is 2.86. The summed E-state index contributed by atoms with van der Waals surface area (Å²) in [5.41, 5.74) is 5.25. The third kappa shape index (κ3) is 2.77. The van der Waals surface area contributed by atoms with Gasteiger partial charge in [-0.25, -0.2) is 13.1 Å². The Labute approximate surface area is 111 Å². The molecule has 2 rings (SSSR count). The van der Waals surface area contributed by atoms with Gasteiger partial charge in [-0.15, -0.1) is 0 Å². The molecule has 0 amide bonds. The fourth-order valence-corrected chi connectivity index (χ4v) is 3.61. The van der Waals surface area contributed by atoms with E-state index in [9.17, 15) is 8.42 Å². The average Bonchev–Trinajstić information content (AvgIpc) is 2.62. The van der Waals surface area contributed by atoms with E-state index in [-0.39, 0.29) is 10.6 Å². The molecule has 1 atom stereocenters. The Hall–Kier alpha value is -0.820. The van der Waals surface area contributed by atoms with Crippen LogP contribution < -0.4 is 10.5 Å². The Morgan fingerprint density at radius 2 is 2.22 bits per heavy atom. The van der Waals surface area contributed by atoms with Gasteiger partial charge in [-0.1, -0.05) is 11.6 Å². The first kappa shape index (κ1) is 13.6. The molecule has 1 aliphatic heterocycles. The smallest absolute Gasteiger partial charge is 0.243 e. The van der Waals surface area contributed by atoms with Crippen molar-refractivity contribution in [3.8, 4) is 0 Å². The molecule has 0 saturated carbocycles. The number of nitrogens with one attached hydrogen (secondary N) is 1. The van der Waals surface area contributed by atoms with Crippen molar-refractivity contribution in [1.29, 1.82) is 0 Å². The van der Waals surface area contributed by atoms with E-state index in [1.54, 1.807) is 0 Å². The molecule has 5 nitrogen and oxygen atoms in total. The Balaban J connectivity index is 2.30. The highest BCUT2D eigenvalue weighted by Crippen LogP contribution is 2.26. The molecule has 3 N–H and O–H groups in total. The lowest BCUT2D eigenvalue weighted by Gasteiger charge is -2.23. The Morgan fingerprint density at radius 1 is 1.50 bits per heavy atom. The minimum absolute atomic E-state index is 0.0417. The summed E-state index contributed by atoms with van der Waals surface area (Å²) >= 11 is 5.75. The molecule has 1 aliphatic rings. The van der Waals surface area contributed by atoms with Crippen LogP contribution in [0.3, 0.4) is 0 Å². The fourth-order valence-electron chi connectivity index (χ4n) is 1.89. The maximum absolute atomic E-state index is 12.2. The van der Waals surface area contributed by atoms with Crippen molar-refractivity contribution < 1.29 is 13.2 Å². The van der Waals surface area contributed by atoms with Gasteiger partial charge >= 0.3 is 0 Å². The van der Waals surface area contributed by atoms with Gasteiger partial charge < -0.3 is 10.5 Å². The van der Waals surface area contributed by atoms with Gasteiger partial charge in [-0.05, 0) is 31.5 Å². The summed E-state index contributed by atoms with van der Waals surface area (Å²) < 4.78 is 32.3. The van der Waals surface area contributed by atoms with Gasteiger partial charge in [0.15, 0.2) is 0 Å². The molecule has 0 aliphatic carbocycles. The second-order valence-electron chi connectivity index (χ2n) is 4.65. The molecule has 1 unspecified atom stereocenters. The zero-order valence-corrected chi connectivity index (χ0v) is 11.5. The van der Waals surface area contributed by atoms with Crippen molar-refractivity contribution in [3.63, 3.8) is 0 Å². The largest absolute Gasteiger partial charge is 0.398 e. The summed E-state index contributed by atoms with van der Waals surface area (Å²) in [5.74, 6) is 0. The van der Waals surface area contributed by atoms with Crippen LogP contribution in [0, 0.1) is 0 Å². The number of benzene rings is 1. The number of nitrogens with two attached hydrogens (primary N) is 1. The zero-order chi connectivity index (χ0) is 13.4. The van der Waals surface area contributed by atoms with Crippen molar-refractivity contribution in [2.45, 2.75) is 23.8 Å². The van der Waals surface area contributed by atoms with Crippen LogP contribution >= 0.6 is 11.6 Å². The molecular weight excluding hydrogens is 276 g/mol. The predicted molar refractivity (Wildman–Crippen MR) is 70.0 cm³/mol. The van der Waals surface area contributed by atoms with Crippen LogP contribution in [0.1, 0.15) is 13.3 Å². The quantitative estimate of drug-likeness (QED) is 0.824. The summed E-state index contributed by atoms with van der Waals surface area (Å²) in [4.78, 5) is 0.0417. The maximum Gasteiger partial charge on any atom is 0.243 e. The molecule has 1 fully saturated rings.